The molecular formula is C7H10ClIN2S2. The van der Waals surface area contributed by atoms with Gasteiger partial charge in [0.2, 0.25) is 0 Å². The summed E-state index contributed by atoms with van der Waals surface area (Å²) in [6, 6.07) is 0. The van der Waals surface area contributed by atoms with Gasteiger partial charge in [0.05, 0.1) is 0 Å². The van der Waals surface area contributed by atoms with Crippen LogP contribution in [0.4, 0.5) is 5.69 Å². The summed E-state index contributed by atoms with van der Waals surface area (Å²) in [7, 11) is 0. The number of thioether (sulfide) groups is 1. The molecule has 1 aromatic heterocycles. The third-order valence-corrected chi connectivity index (χ3v) is 3.28. The molecule has 0 atom stereocenters. The molecule has 1 rings (SSSR count). The standard InChI is InChI=1S/C7H9ClN2S2.HI/c1-4-3-12-6(8)5(4)10-7(9)11-2;/h3H,1-2H3,(H2,9,10);1H. The van der Waals surface area contributed by atoms with Crippen LogP contribution < -0.4 is 34.7 Å². The smallest absolute Gasteiger partial charge is 0.306 e. The fraction of sp³-hybridized carbons (Fsp3) is 0.286. The molecule has 0 radical (unpaired) electrons. The minimum Gasteiger partial charge on any atom is -1.00 e. The van der Waals surface area contributed by atoms with Crippen LogP contribution in [0.5, 0.6) is 0 Å². The minimum absolute atomic E-state index is 0. The number of thiophene rings is 1. The van der Waals surface area contributed by atoms with Gasteiger partial charge in [0, 0.05) is 5.56 Å². The predicted octanol–water partition coefficient (Wildman–Crippen LogP) is -1.90. The highest BCUT2D eigenvalue weighted by Crippen LogP contribution is 2.27. The lowest BCUT2D eigenvalue weighted by atomic mass is 10.3. The average molecular weight is 349 g/mol. The molecule has 0 saturated heterocycles. The van der Waals surface area contributed by atoms with Crippen molar-refractivity contribution in [2.45, 2.75) is 6.92 Å². The number of amidine groups is 1. The van der Waals surface area contributed by atoms with E-state index in [9.17, 15) is 0 Å². The lowest BCUT2D eigenvalue weighted by Gasteiger charge is -1.90. The molecule has 0 aliphatic heterocycles. The van der Waals surface area contributed by atoms with Crippen LogP contribution >= 0.6 is 34.7 Å². The molecule has 0 unspecified atom stereocenters. The maximum atomic E-state index is 5.92. The second kappa shape index (κ2) is 6.10. The van der Waals surface area contributed by atoms with Gasteiger partial charge < -0.3 is 24.0 Å². The molecule has 13 heavy (non-hydrogen) atoms. The Kier molecular flexibility index (Phi) is 6.36. The van der Waals surface area contributed by atoms with E-state index in [1.165, 1.54) is 23.1 Å². The van der Waals surface area contributed by atoms with E-state index < -0.39 is 0 Å². The van der Waals surface area contributed by atoms with Gasteiger partial charge in [0.1, 0.15) is 4.34 Å². The van der Waals surface area contributed by atoms with Gasteiger partial charge in [-0.1, -0.05) is 11.6 Å². The zero-order valence-electron chi connectivity index (χ0n) is 7.23. The van der Waals surface area contributed by atoms with Crippen LogP contribution in [0.25, 0.3) is 0 Å². The Hall–Kier alpha value is 0.540. The van der Waals surface area contributed by atoms with E-state index in [-0.39, 0.29) is 24.0 Å². The molecule has 3 N–H and O–H groups in total. The second-order valence-electron chi connectivity index (χ2n) is 2.26. The maximum Gasteiger partial charge on any atom is 0.306 e. The van der Waals surface area contributed by atoms with E-state index in [1.54, 1.807) is 0 Å². The summed E-state index contributed by atoms with van der Waals surface area (Å²) in [4.78, 5) is 3.04. The Morgan fingerprint density at radius 3 is 2.69 bits per heavy atom. The summed E-state index contributed by atoms with van der Waals surface area (Å²) in [5.74, 6) is 0. The zero-order valence-corrected chi connectivity index (χ0v) is 11.8. The van der Waals surface area contributed by atoms with Crippen molar-refractivity contribution in [1.82, 2.24) is 0 Å². The van der Waals surface area contributed by atoms with Crippen molar-refractivity contribution in [1.29, 1.82) is 0 Å². The van der Waals surface area contributed by atoms with Crippen molar-refractivity contribution in [3.8, 4) is 0 Å². The molecular weight excluding hydrogens is 339 g/mol. The molecule has 0 bridgehead atoms. The van der Waals surface area contributed by atoms with Crippen molar-refractivity contribution in [3.05, 3.63) is 15.3 Å². The van der Waals surface area contributed by atoms with E-state index in [2.05, 4.69) is 4.99 Å². The summed E-state index contributed by atoms with van der Waals surface area (Å²) in [5, 5.41) is 2.66. The van der Waals surface area contributed by atoms with Crippen LogP contribution in [-0.4, -0.2) is 11.4 Å². The fourth-order valence-corrected chi connectivity index (χ4v) is 2.00. The molecule has 2 nitrogen and oxygen atoms in total. The Morgan fingerprint density at radius 2 is 2.31 bits per heavy atom. The van der Waals surface area contributed by atoms with Crippen molar-refractivity contribution < 1.29 is 29.0 Å². The molecule has 74 valence electrons. The number of hydrogen-bond acceptors (Lipinski definition) is 2. The van der Waals surface area contributed by atoms with E-state index in [1.807, 2.05) is 18.6 Å². The zero-order chi connectivity index (χ0) is 9.14. The molecule has 0 aliphatic rings. The Labute approximate surface area is 108 Å². The first-order chi connectivity index (χ1) is 5.65. The summed E-state index contributed by atoms with van der Waals surface area (Å²) in [6.07, 6.45) is 1.91. The predicted molar refractivity (Wildman–Crippen MR) is 57.4 cm³/mol. The topological polar surface area (TPSA) is 40.0 Å². The van der Waals surface area contributed by atoms with Crippen molar-refractivity contribution in [2.75, 3.05) is 6.26 Å². The van der Waals surface area contributed by atoms with Crippen LogP contribution in [0.2, 0.25) is 4.34 Å². The monoisotopic (exact) mass is 348 g/mol. The quantitative estimate of drug-likeness (QED) is 0.354. The van der Waals surface area contributed by atoms with Crippen LogP contribution in [0.15, 0.2) is 5.38 Å². The Balaban J connectivity index is 0.00000144. The molecule has 0 spiro atoms. The lowest BCUT2D eigenvalue weighted by molar-refractivity contribution is -0.351. The Bertz CT molecular complexity index is 292. The van der Waals surface area contributed by atoms with Gasteiger partial charge in [-0.25, -0.2) is 4.99 Å². The SMILES string of the molecule is CSC(N)=[NH+]c1c(C)csc1Cl.[I-]. The van der Waals surface area contributed by atoms with E-state index in [0.717, 1.165) is 15.6 Å². The molecule has 1 aromatic rings. The van der Waals surface area contributed by atoms with Crippen LogP contribution in [0.1, 0.15) is 5.56 Å². The third kappa shape index (κ3) is 3.65. The molecule has 1 heterocycles. The van der Waals surface area contributed by atoms with Crippen molar-refractivity contribution >= 4 is 45.6 Å². The summed E-state index contributed by atoms with van der Waals surface area (Å²) >= 11 is 8.90. The molecule has 0 aromatic carbocycles. The second-order valence-corrected chi connectivity index (χ2v) is 4.59. The fourth-order valence-electron chi connectivity index (χ4n) is 0.735. The largest absolute Gasteiger partial charge is 1.00 e. The number of nitrogens with one attached hydrogen (secondary N) is 1. The number of aryl methyl sites for hydroxylation is 1. The van der Waals surface area contributed by atoms with E-state index >= 15 is 0 Å². The van der Waals surface area contributed by atoms with Crippen molar-refractivity contribution in [2.24, 2.45) is 5.73 Å². The van der Waals surface area contributed by atoms with Gasteiger partial charge in [0.25, 0.3) is 0 Å². The van der Waals surface area contributed by atoms with Crippen molar-refractivity contribution in [3.63, 3.8) is 0 Å². The number of nitrogens with two attached hydrogens (primary N) is 1. The third-order valence-electron chi connectivity index (χ3n) is 1.40. The van der Waals surface area contributed by atoms with Gasteiger partial charge in [-0.2, -0.15) is 0 Å². The average Bonchev–Trinajstić information content (AvgIpc) is 2.35. The first kappa shape index (κ1) is 13.5. The summed E-state index contributed by atoms with van der Waals surface area (Å²) in [5.41, 5.74) is 7.67. The van der Waals surface area contributed by atoms with E-state index in [4.69, 9.17) is 17.3 Å². The molecule has 0 aliphatic carbocycles. The summed E-state index contributed by atoms with van der Waals surface area (Å²) < 4.78 is 0.754. The molecule has 0 amide bonds. The van der Waals surface area contributed by atoms with Gasteiger partial charge in [-0.15, -0.1) is 11.3 Å². The lowest BCUT2D eigenvalue weighted by Crippen LogP contribution is -3.00. The highest BCUT2D eigenvalue weighted by Gasteiger charge is 2.08. The first-order valence-corrected chi connectivity index (χ1v) is 5.80. The highest BCUT2D eigenvalue weighted by atomic mass is 127. The molecule has 6 heteroatoms. The van der Waals surface area contributed by atoms with Gasteiger partial charge in [-0.3, -0.25) is 5.73 Å². The first-order valence-electron chi connectivity index (χ1n) is 3.32. The molecule has 0 saturated carbocycles. The minimum atomic E-state index is 0. The van der Waals surface area contributed by atoms with E-state index in [0.29, 0.717) is 5.17 Å². The number of hydrogen-bond donors (Lipinski definition) is 2. The highest BCUT2D eigenvalue weighted by molar-refractivity contribution is 8.12. The van der Waals surface area contributed by atoms with Crippen LogP contribution in [0, 0.1) is 6.92 Å². The van der Waals surface area contributed by atoms with Gasteiger partial charge >= 0.3 is 5.17 Å². The van der Waals surface area contributed by atoms with Gasteiger partial charge in [-0.05, 0) is 30.3 Å². The normalized spacial score (nSPS) is 11.2. The Morgan fingerprint density at radius 1 is 1.69 bits per heavy atom. The number of rotatable bonds is 1. The maximum absolute atomic E-state index is 5.92. The van der Waals surface area contributed by atoms with Crippen LogP contribution in [0.3, 0.4) is 0 Å². The summed E-state index contributed by atoms with van der Waals surface area (Å²) in [6.45, 7) is 2.00. The number of halogens is 2. The molecule has 0 fully saturated rings. The van der Waals surface area contributed by atoms with Gasteiger partial charge in [0.15, 0.2) is 5.69 Å². The van der Waals surface area contributed by atoms with Crippen LogP contribution in [-0.2, 0) is 0 Å².